The number of hydrogen-bond donors (Lipinski definition) is 0. The second kappa shape index (κ2) is 10.8. The Hall–Kier alpha value is -3.64. The molecule has 190 valence electrons. The molecule has 1 aliphatic rings. The van der Waals surface area contributed by atoms with Crippen molar-refractivity contribution in [2.45, 2.75) is 34.2 Å². The van der Waals surface area contributed by atoms with Gasteiger partial charge in [0.15, 0.2) is 0 Å². The van der Waals surface area contributed by atoms with E-state index in [0.29, 0.717) is 29.2 Å². The molecular weight excluding hydrogens is 530 g/mol. The first kappa shape index (κ1) is 26.4. The summed E-state index contributed by atoms with van der Waals surface area (Å²) >= 11 is 3.48. The van der Waals surface area contributed by atoms with Crippen LogP contribution in [0.1, 0.15) is 54.0 Å². The van der Waals surface area contributed by atoms with Gasteiger partial charge in [-0.25, -0.2) is 9.59 Å². The average Bonchev–Trinajstić information content (AvgIpc) is 2.95. The van der Waals surface area contributed by atoms with E-state index in [1.165, 1.54) is 0 Å². The third-order valence-electron chi connectivity index (χ3n) is 7.06. The zero-order chi connectivity index (χ0) is 26.6. The van der Waals surface area contributed by atoms with Gasteiger partial charge in [-0.05, 0) is 42.0 Å². The number of esters is 2. The van der Waals surface area contributed by atoms with E-state index in [4.69, 9.17) is 9.47 Å². The number of benzene rings is 3. The number of ether oxygens (including phenoxy) is 2. The van der Waals surface area contributed by atoms with Gasteiger partial charge in [0.05, 0.1) is 11.1 Å². The highest BCUT2D eigenvalue weighted by Gasteiger charge is 2.48. The standard InChI is InChI=1S/C31H30BrNO4/c1-30(2)26(36-28(34)23-11-7-5-8-12-23)20-33(19-22-15-17-25(32)18-16-22)21-27(31(30,3)4)37-29(35)24-13-9-6-10-14-24/h5-18,20-21H,19H2,1-4H3. The van der Waals surface area contributed by atoms with Gasteiger partial charge in [-0.15, -0.1) is 0 Å². The molecular formula is C31H30BrNO4. The molecule has 0 N–H and O–H groups in total. The van der Waals surface area contributed by atoms with E-state index in [1.807, 2.05) is 81.4 Å². The number of rotatable bonds is 6. The Labute approximate surface area is 226 Å². The summed E-state index contributed by atoms with van der Waals surface area (Å²) in [5.41, 5.74) is 0.535. The summed E-state index contributed by atoms with van der Waals surface area (Å²) in [7, 11) is 0. The van der Waals surface area contributed by atoms with Crippen LogP contribution in [0.15, 0.2) is 113 Å². The van der Waals surface area contributed by atoms with Crippen LogP contribution in [-0.2, 0) is 16.0 Å². The molecule has 4 rings (SSSR count). The van der Waals surface area contributed by atoms with E-state index in [9.17, 15) is 9.59 Å². The summed E-state index contributed by atoms with van der Waals surface area (Å²) in [4.78, 5) is 28.1. The van der Waals surface area contributed by atoms with E-state index < -0.39 is 22.8 Å². The molecule has 0 saturated carbocycles. The first-order chi connectivity index (χ1) is 17.6. The van der Waals surface area contributed by atoms with Gasteiger partial charge in [0.25, 0.3) is 0 Å². The van der Waals surface area contributed by atoms with Gasteiger partial charge < -0.3 is 14.4 Å². The number of allylic oxidation sites excluding steroid dienone is 2. The predicted octanol–water partition coefficient (Wildman–Crippen LogP) is 7.71. The maximum atomic E-state index is 13.1. The SMILES string of the molecule is CC1(C)C(OC(=O)c2ccccc2)=CN(Cc2ccc(Br)cc2)C=C(OC(=O)c2ccccc2)C1(C)C. The predicted molar refractivity (Wildman–Crippen MR) is 147 cm³/mol. The van der Waals surface area contributed by atoms with Crippen molar-refractivity contribution in [1.29, 1.82) is 0 Å². The highest BCUT2D eigenvalue weighted by molar-refractivity contribution is 9.10. The van der Waals surface area contributed by atoms with Gasteiger partial charge >= 0.3 is 11.9 Å². The van der Waals surface area contributed by atoms with Crippen molar-refractivity contribution in [3.8, 4) is 0 Å². The van der Waals surface area contributed by atoms with Gasteiger partial charge in [0.1, 0.15) is 11.5 Å². The fourth-order valence-electron chi connectivity index (χ4n) is 3.94. The topological polar surface area (TPSA) is 55.8 Å². The molecule has 0 unspecified atom stereocenters. The lowest BCUT2D eigenvalue weighted by Gasteiger charge is -2.41. The number of carbonyl (C=O) groups is 2. The van der Waals surface area contributed by atoms with Crippen LogP contribution >= 0.6 is 15.9 Å². The van der Waals surface area contributed by atoms with Gasteiger partial charge in [0, 0.05) is 34.2 Å². The molecule has 6 heteroatoms. The minimum atomic E-state index is -0.714. The van der Waals surface area contributed by atoms with Crippen LogP contribution in [0, 0.1) is 10.8 Å². The number of halogens is 1. The number of hydrogen-bond acceptors (Lipinski definition) is 5. The largest absolute Gasteiger partial charge is 0.425 e. The maximum Gasteiger partial charge on any atom is 0.343 e. The molecule has 37 heavy (non-hydrogen) atoms. The van der Waals surface area contributed by atoms with Crippen molar-refractivity contribution in [1.82, 2.24) is 4.90 Å². The fraction of sp³-hybridized carbons (Fsp3) is 0.226. The Balaban J connectivity index is 1.73. The smallest absolute Gasteiger partial charge is 0.343 e. The van der Waals surface area contributed by atoms with Crippen LogP contribution in [-0.4, -0.2) is 16.8 Å². The van der Waals surface area contributed by atoms with Gasteiger partial charge in [0.2, 0.25) is 0 Å². The normalized spacial score (nSPS) is 16.2. The third-order valence-corrected chi connectivity index (χ3v) is 7.59. The van der Waals surface area contributed by atoms with Crippen LogP contribution in [0.3, 0.4) is 0 Å². The molecule has 3 aromatic rings. The minimum absolute atomic E-state index is 0.441. The van der Waals surface area contributed by atoms with Gasteiger partial charge in [-0.3, -0.25) is 0 Å². The molecule has 0 atom stereocenters. The summed E-state index contributed by atoms with van der Waals surface area (Å²) in [5.74, 6) is 0.0732. The van der Waals surface area contributed by atoms with Crippen LogP contribution in [0.25, 0.3) is 0 Å². The lowest BCUT2D eigenvalue weighted by molar-refractivity contribution is 0.0238. The van der Waals surface area contributed by atoms with Crippen LogP contribution in [0.4, 0.5) is 0 Å². The van der Waals surface area contributed by atoms with E-state index in [1.54, 1.807) is 48.5 Å². The molecule has 0 bridgehead atoms. The first-order valence-corrected chi connectivity index (χ1v) is 12.9. The van der Waals surface area contributed by atoms with E-state index in [-0.39, 0.29) is 0 Å². The lowest BCUT2D eigenvalue weighted by atomic mass is 9.66. The average molecular weight is 560 g/mol. The van der Waals surface area contributed by atoms with Gasteiger partial charge in [-0.2, -0.15) is 0 Å². The molecule has 1 aliphatic heterocycles. The van der Waals surface area contributed by atoms with Crippen molar-refractivity contribution in [3.05, 3.63) is 130 Å². The lowest BCUT2D eigenvalue weighted by Crippen LogP contribution is -2.38. The molecule has 0 aliphatic carbocycles. The molecule has 3 aromatic carbocycles. The molecule has 0 saturated heterocycles. The van der Waals surface area contributed by atoms with Crippen LogP contribution < -0.4 is 0 Å². The van der Waals surface area contributed by atoms with Crippen molar-refractivity contribution in [2.24, 2.45) is 10.8 Å². The third kappa shape index (κ3) is 5.86. The summed E-state index contributed by atoms with van der Waals surface area (Å²) in [6.07, 6.45) is 3.65. The van der Waals surface area contributed by atoms with Crippen LogP contribution in [0.2, 0.25) is 0 Å². The Morgan fingerprint density at radius 1 is 0.676 bits per heavy atom. The van der Waals surface area contributed by atoms with E-state index in [0.717, 1.165) is 10.0 Å². The summed E-state index contributed by atoms with van der Waals surface area (Å²) < 4.78 is 13.0. The summed E-state index contributed by atoms with van der Waals surface area (Å²) in [5, 5.41) is 0. The highest BCUT2D eigenvalue weighted by atomic mass is 79.9. The van der Waals surface area contributed by atoms with Crippen molar-refractivity contribution < 1.29 is 19.1 Å². The summed E-state index contributed by atoms with van der Waals surface area (Å²) in [6.45, 7) is 8.45. The second-order valence-electron chi connectivity index (χ2n) is 10.0. The van der Waals surface area contributed by atoms with Crippen molar-refractivity contribution in [3.63, 3.8) is 0 Å². The van der Waals surface area contributed by atoms with Gasteiger partial charge in [-0.1, -0.05) is 92.2 Å². The Morgan fingerprint density at radius 2 is 1.08 bits per heavy atom. The first-order valence-electron chi connectivity index (χ1n) is 12.1. The monoisotopic (exact) mass is 559 g/mol. The van der Waals surface area contributed by atoms with Crippen molar-refractivity contribution in [2.75, 3.05) is 0 Å². The zero-order valence-electron chi connectivity index (χ0n) is 21.4. The fourth-order valence-corrected chi connectivity index (χ4v) is 4.21. The Bertz CT molecular complexity index is 1250. The molecule has 0 aromatic heterocycles. The minimum Gasteiger partial charge on any atom is -0.425 e. The quantitative estimate of drug-likeness (QED) is 0.289. The summed E-state index contributed by atoms with van der Waals surface area (Å²) in [6, 6.07) is 25.8. The van der Waals surface area contributed by atoms with Crippen molar-refractivity contribution >= 4 is 27.9 Å². The second-order valence-corrected chi connectivity index (χ2v) is 11.0. The highest BCUT2D eigenvalue weighted by Crippen LogP contribution is 2.51. The number of carbonyl (C=O) groups excluding carboxylic acids is 2. The van der Waals surface area contributed by atoms with E-state index in [2.05, 4.69) is 15.9 Å². The Morgan fingerprint density at radius 3 is 1.49 bits per heavy atom. The zero-order valence-corrected chi connectivity index (χ0v) is 23.0. The molecule has 5 nitrogen and oxygen atoms in total. The van der Waals surface area contributed by atoms with E-state index >= 15 is 0 Å². The number of nitrogens with zero attached hydrogens (tertiary/aromatic N) is 1. The molecule has 0 fully saturated rings. The maximum absolute atomic E-state index is 13.1. The Kier molecular flexibility index (Phi) is 7.69. The molecule has 0 amide bonds. The molecule has 1 heterocycles. The molecule has 0 spiro atoms. The van der Waals surface area contributed by atoms with Crippen LogP contribution in [0.5, 0.6) is 0 Å². The molecule has 0 radical (unpaired) electrons.